The van der Waals surface area contributed by atoms with Crippen LogP contribution >= 0.6 is 0 Å². The fraction of sp³-hybridized carbons (Fsp3) is 0.750. The summed E-state index contributed by atoms with van der Waals surface area (Å²) < 4.78 is 0. The van der Waals surface area contributed by atoms with E-state index in [1.54, 1.807) is 0 Å². The Kier molecular flexibility index (Phi) is 6.80. The minimum absolute atomic E-state index is 0.205. The molecule has 0 aromatic carbocycles. The molecular formula is C12H24OSi. The van der Waals surface area contributed by atoms with Crippen molar-refractivity contribution in [1.29, 1.82) is 0 Å². The highest BCUT2D eigenvalue weighted by Crippen LogP contribution is 2.27. The van der Waals surface area contributed by atoms with Crippen molar-refractivity contribution < 1.29 is 4.79 Å². The molecule has 0 spiro atoms. The fourth-order valence-electron chi connectivity index (χ4n) is 2.02. The quantitative estimate of drug-likeness (QED) is 0.438. The van der Waals surface area contributed by atoms with Crippen LogP contribution in [0.4, 0.5) is 0 Å². The minimum atomic E-state index is -0.984. The van der Waals surface area contributed by atoms with E-state index in [9.17, 15) is 4.79 Å². The number of rotatable bonds is 8. The molecule has 0 aliphatic rings. The van der Waals surface area contributed by atoms with Gasteiger partial charge in [-0.05, 0) is 12.5 Å². The molecule has 0 fully saturated rings. The van der Waals surface area contributed by atoms with Crippen molar-refractivity contribution in [3.8, 4) is 0 Å². The summed E-state index contributed by atoms with van der Waals surface area (Å²) in [5.41, 5.74) is 0. The average Bonchev–Trinajstić information content (AvgIpc) is 2.25. The molecule has 0 aromatic heterocycles. The van der Waals surface area contributed by atoms with Gasteiger partial charge in [-0.2, -0.15) is 0 Å². The molecule has 0 radical (unpaired) electrons. The molecule has 0 atom stereocenters. The largest absolute Gasteiger partial charge is 0.295 e. The summed E-state index contributed by atoms with van der Waals surface area (Å²) in [6.07, 6.45) is 3.23. The second-order valence-electron chi connectivity index (χ2n) is 4.08. The maximum Gasteiger partial charge on any atom is 0.155 e. The zero-order chi connectivity index (χ0) is 11.0. The molecule has 0 unspecified atom stereocenters. The van der Waals surface area contributed by atoms with Crippen LogP contribution in [0.3, 0.4) is 0 Å². The molecule has 0 saturated heterocycles. The van der Waals surface area contributed by atoms with Gasteiger partial charge in [0.05, 0.1) is 8.07 Å². The van der Waals surface area contributed by atoms with Gasteiger partial charge in [-0.3, -0.25) is 4.79 Å². The Morgan fingerprint density at radius 3 is 2.07 bits per heavy atom. The van der Waals surface area contributed by atoms with Crippen LogP contribution in [0.25, 0.3) is 0 Å². The van der Waals surface area contributed by atoms with Crippen LogP contribution in [0.2, 0.25) is 24.2 Å². The normalized spacial score (nSPS) is 11.4. The van der Waals surface area contributed by atoms with Crippen LogP contribution in [0.5, 0.6) is 0 Å². The van der Waals surface area contributed by atoms with Crippen LogP contribution < -0.4 is 0 Å². The maximum atomic E-state index is 11.1. The Labute approximate surface area is 89.6 Å². The zero-order valence-corrected chi connectivity index (χ0v) is 10.9. The minimum Gasteiger partial charge on any atom is -0.295 e. The Morgan fingerprint density at radius 1 is 1.21 bits per heavy atom. The van der Waals surface area contributed by atoms with Crippen molar-refractivity contribution in [2.45, 2.75) is 57.8 Å². The lowest BCUT2D eigenvalue weighted by molar-refractivity contribution is -0.114. The van der Waals surface area contributed by atoms with Gasteiger partial charge in [-0.1, -0.05) is 51.5 Å². The number of ketones is 1. The third-order valence-corrected chi connectivity index (χ3v) is 9.52. The smallest absolute Gasteiger partial charge is 0.155 e. The van der Waals surface area contributed by atoms with E-state index >= 15 is 0 Å². The van der Waals surface area contributed by atoms with Crippen LogP contribution in [0.15, 0.2) is 12.7 Å². The number of allylic oxidation sites excluding steroid dienone is 1. The molecule has 0 N–H and O–H groups in total. The van der Waals surface area contributed by atoms with E-state index < -0.39 is 8.07 Å². The Balaban J connectivity index is 3.94. The first-order valence-electron chi connectivity index (χ1n) is 5.79. The van der Waals surface area contributed by atoms with Crippen molar-refractivity contribution in [3.63, 3.8) is 0 Å². The van der Waals surface area contributed by atoms with E-state index in [1.807, 2.05) is 0 Å². The summed E-state index contributed by atoms with van der Waals surface area (Å²) in [4.78, 5) is 11.1. The summed E-state index contributed by atoms with van der Waals surface area (Å²) in [5.74, 6) is 0.205. The second kappa shape index (κ2) is 6.99. The first-order valence-corrected chi connectivity index (χ1v) is 8.62. The van der Waals surface area contributed by atoms with Crippen LogP contribution in [0.1, 0.15) is 33.6 Å². The van der Waals surface area contributed by atoms with E-state index in [0.717, 1.165) is 6.42 Å². The topological polar surface area (TPSA) is 17.1 Å². The van der Waals surface area contributed by atoms with Gasteiger partial charge >= 0.3 is 0 Å². The lowest BCUT2D eigenvalue weighted by atomic mass is 10.2. The lowest BCUT2D eigenvalue weighted by Gasteiger charge is -2.27. The predicted octanol–water partition coefficient (Wildman–Crippen LogP) is 4.03. The molecule has 0 aliphatic carbocycles. The number of carbonyl (C=O) groups excluding carboxylic acids is 1. The third-order valence-electron chi connectivity index (χ3n) is 3.61. The van der Waals surface area contributed by atoms with Gasteiger partial charge in [0.25, 0.3) is 0 Å². The highest BCUT2D eigenvalue weighted by Gasteiger charge is 2.25. The average molecular weight is 212 g/mol. The van der Waals surface area contributed by atoms with Crippen molar-refractivity contribution >= 4 is 13.9 Å². The molecule has 1 nitrogen and oxygen atoms in total. The van der Waals surface area contributed by atoms with E-state index in [0.29, 0.717) is 6.42 Å². The molecule has 0 aromatic rings. The van der Waals surface area contributed by atoms with Crippen molar-refractivity contribution in [2.24, 2.45) is 0 Å². The SMILES string of the molecule is C=CC(=O)CCC[Si](CC)(CC)CC. The van der Waals surface area contributed by atoms with Gasteiger partial charge in [0, 0.05) is 6.42 Å². The molecule has 0 amide bonds. The van der Waals surface area contributed by atoms with Crippen LogP contribution in [-0.4, -0.2) is 13.9 Å². The molecule has 0 heterocycles. The second-order valence-corrected chi connectivity index (χ2v) is 9.71. The highest BCUT2D eigenvalue weighted by molar-refractivity contribution is 6.79. The maximum absolute atomic E-state index is 11.1. The zero-order valence-electron chi connectivity index (χ0n) is 9.94. The van der Waals surface area contributed by atoms with Gasteiger partial charge in [0.2, 0.25) is 0 Å². The van der Waals surface area contributed by atoms with E-state index in [2.05, 4.69) is 27.4 Å². The summed E-state index contributed by atoms with van der Waals surface area (Å²) >= 11 is 0. The monoisotopic (exact) mass is 212 g/mol. The fourth-order valence-corrected chi connectivity index (χ4v) is 5.51. The Morgan fingerprint density at radius 2 is 1.71 bits per heavy atom. The lowest BCUT2D eigenvalue weighted by Crippen LogP contribution is -2.30. The van der Waals surface area contributed by atoms with Gasteiger partial charge in [0.15, 0.2) is 5.78 Å². The summed E-state index contributed by atoms with van der Waals surface area (Å²) in [5, 5.41) is 0. The summed E-state index contributed by atoms with van der Waals surface area (Å²) in [6.45, 7) is 10.4. The number of carbonyl (C=O) groups is 1. The molecule has 0 rings (SSSR count). The number of hydrogen-bond donors (Lipinski definition) is 0. The Bertz CT molecular complexity index is 174. The molecule has 0 bridgehead atoms. The standard InChI is InChI=1S/C12H24OSi/c1-5-12(13)10-9-11-14(6-2,7-3)8-4/h5H,1,6-11H2,2-4H3. The Hall–Kier alpha value is -0.373. The first kappa shape index (κ1) is 13.6. The summed E-state index contributed by atoms with van der Waals surface area (Å²) in [6, 6.07) is 5.41. The van der Waals surface area contributed by atoms with Crippen molar-refractivity contribution in [1.82, 2.24) is 0 Å². The van der Waals surface area contributed by atoms with Crippen molar-refractivity contribution in [2.75, 3.05) is 0 Å². The molecule has 82 valence electrons. The van der Waals surface area contributed by atoms with Gasteiger partial charge in [-0.25, -0.2) is 0 Å². The molecule has 14 heavy (non-hydrogen) atoms. The van der Waals surface area contributed by atoms with E-state index in [4.69, 9.17) is 0 Å². The van der Waals surface area contributed by atoms with E-state index in [1.165, 1.54) is 30.3 Å². The van der Waals surface area contributed by atoms with Crippen LogP contribution in [0, 0.1) is 0 Å². The van der Waals surface area contributed by atoms with Gasteiger partial charge in [0.1, 0.15) is 0 Å². The van der Waals surface area contributed by atoms with Gasteiger partial charge < -0.3 is 0 Å². The molecule has 0 aliphatic heterocycles. The summed E-state index contributed by atoms with van der Waals surface area (Å²) in [7, 11) is -0.984. The first-order chi connectivity index (χ1) is 6.64. The predicted molar refractivity (Wildman–Crippen MR) is 66.4 cm³/mol. The van der Waals surface area contributed by atoms with E-state index in [-0.39, 0.29) is 5.78 Å². The van der Waals surface area contributed by atoms with Gasteiger partial charge in [-0.15, -0.1) is 0 Å². The van der Waals surface area contributed by atoms with Crippen LogP contribution in [-0.2, 0) is 4.79 Å². The molecule has 2 heteroatoms. The molecular weight excluding hydrogens is 188 g/mol. The number of hydrogen-bond acceptors (Lipinski definition) is 1. The third kappa shape index (κ3) is 4.23. The highest BCUT2D eigenvalue weighted by atomic mass is 28.3. The van der Waals surface area contributed by atoms with Crippen molar-refractivity contribution in [3.05, 3.63) is 12.7 Å². The molecule has 0 saturated carbocycles.